The van der Waals surface area contributed by atoms with Crippen molar-refractivity contribution in [2.45, 2.75) is 26.2 Å². The van der Waals surface area contributed by atoms with E-state index in [0.717, 1.165) is 38.5 Å². The van der Waals surface area contributed by atoms with Gasteiger partial charge in [-0.15, -0.1) is 0 Å². The Labute approximate surface area is 119 Å². The molecule has 1 aliphatic rings. The van der Waals surface area contributed by atoms with Gasteiger partial charge in [-0.2, -0.15) is 0 Å². The smallest absolute Gasteiger partial charge is 0.256 e. The van der Waals surface area contributed by atoms with Crippen molar-refractivity contribution in [3.8, 4) is 0 Å². The lowest BCUT2D eigenvalue weighted by Crippen LogP contribution is -2.41. The third-order valence-electron chi connectivity index (χ3n) is 3.66. The number of piperidine rings is 1. The lowest BCUT2D eigenvalue weighted by Gasteiger charge is -2.30. The van der Waals surface area contributed by atoms with Gasteiger partial charge in [-0.05, 0) is 44.3 Å². The average molecular weight is 279 g/mol. The van der Waals surface area contributed by atoms with Crippen LogP contribution >= 0.6 is 0 Å². The molecule has 20 heavy (non-hydrogen) atoms. The fourth-order valence-corrected chi connectivity index (χ4v) is 2.66. The molecule has 0 aromatic carbocycles. The van der Waals surface area contributed by atoms with Crippen LogP contribution in [0.15, 0.2) is 18.5 Å². The monoisotopic (exact) mass is 279 g/mol. The van der Waals surface area contributed by atoms with Gasteiger partial charge in [-0.3, -0.25) is 9.78 Å². The molecular weight excluding hydrogens is 257 g/mol. The van der Waals surface area contributed by atoms with Crippen LogP contribution in [0, 0.1) is 11.7 Å². The van der Waals surface area contributed by atoms with Gasteiger partial charge in [0.25, 0.3) is 5.91 Å². The second-order valence-electron chi connectivity index (χ2n) is 5.32. The Morgan fingerprint density at radius 1 is 1.60 bits per heavy atom. The molecule has 0 saturated carbocycles. The first-order valence-electron chi connectivity index (χ1n) is 7.32. The third-order valence-corrected chi connectivity index (χ3v) is 3.66. The van der Waals surface area contributed by atoms with Gasteiger partial charge < -0.3 is 10.2 Å². The highest BCUT2D eigenvalue weighted by atomic mass is 19.1. The van der Waals surface area contributed by atoms with Crippen molar-refractivity contribution in [3.63, 3.8) is 0 Å². The van der Waals surface area contributed by atoms with Crippen molar-refractivity contribution in [3.05, 3.63) is 29.8 Å². The summed E-state index contributed by atoms with van der Waals surface area (Å²) >= 11 is 0. The molecule has 1 fully saturated rings. The summed E-state index contributed by atoms with van der Waals surface area (Å²) in [7, 11) is 0. The van der Waals surface area contributed by atoms with E-state index in [1.165, 1.54) is 12.3 Å². The minimum absolute atomic E-state index is 0.122. The van der Waals surface area contributed by atoms with E-state index in [0.29, 0.717) is 19.0 Å². The number of rotatable bonds is 5. The number of halogens is 1. The van der Waals surface area contributed by atoms with Gasteiger partial charge in [0, 0.05) is 19.3 Å². The summed E-state index contributed by atoms with van der Waals surface area (Å²) in [4.78, 5) is 17.9. The molecule has 1 aromatic rings. The molecule has 1 aliphatic heterocycles. The van der Waals surface area contributed by atoms with Crippen molar-refractivity contribution < 1.29 is 9.18 Å². The second-order valence-corrected chi connectivity index (χ2v) is 5.32. The summed E-state index contributed by atoms with van der Waals surface area (Å²) in [5.74, 6) is -0.304. The van der Waals surface area contributed by atoms with Crippen molar-refractivity contribution in [1.29, 1.82) is 0 Å². The van der Waals surface area contributed by atoms with E-state index in [9.17, 15) is 9.18 Å². The minimum atomic E-state index is -0.541. The van der Waals surface area contributed by atoms with Gasteiger partial charge in [0.1, 0.15) is 0 Å². The number of pyridine rings is 1. The van der Waals surface area contributed by atoms with E-state index in [-0.39, 0.29) is 11.5 Å². The summed E-state index contributed by atoms with van der Waals surface area (Å²) in [6, 6.07) is 1.46. The number of nitrogens with zero attached hydrogens (tertiary/aromatic N) is 2. The molecule has 1 N–H and O–H groups in total. The van der Waals surface area contributed by atoms with Gasteiger partial charge in [-0.1, -0.05) is 6.92 Å². The van der Waals surface area contributed by atoms with Crippen LogP contribution in [0.2, 0.25) is 0 Å². The predicted molar refractivity (Wildman–Crippen MR) is 76.0 cm³/mol. The molecule has 0 radical (unpaired) electrons. The quantitative estimate of drug-likeness (QED) is 0.897. The Morgan fingerprint density at radius 2 is 2.45 bits per heavy atom. The fourth-order valence-electron chi connectivity index (χ4n) is 2.66. The summed E-state index contributed by atoms with van der Waals surface area (Å²) in [5, 5.41) is 3.35. The van der Waals surface area contributed by atoms with Gasteiger partial charge >= 0.3 is 0 Å². The molecule has 0 bridgehead atoms. The summed E-state index contributed by atoms with van der Waals surface area (Å²) in [6.45, 7) is 5.38. The maximum atomic E-state index is 13.7. The predicted octanol–water partition coefficient (Wildman–Crippen LogP) is 2.07. The van der Waals surface area contributed by atoms with E-state index in [1.807, 2.05) is 6.92 Å². The maximum absolute atomic E-state index is 13.7. The van der Waals surface area contributed by atoms with Gasteiger partial charge in [-0.25, -0.2) is 4.39 Å². The highest BCUT2D eigenvalue weighted by molar-refractivity contribution is 5.94. The first-order valence-corrected chi connectivity index (χ1v) is 7.32. The molecule has 1 unspecified atom stereocenters. The number of hydrogen-bond donors (Lipinski definition) is 1. The first-order chi connectivity index (χ1) is 9.72. The molecule has 1 aromatic heterocycles. The molecule has 0 spiro atoms. The number of carbonyl (C=O) groups is 1. The SMILES string of the molecule is CCCN(CC1CCCNC1)C(=O)c1ccncc1F. The van der Waals surface area contributed by atoms with Gasteiger partial charge in [0.05, 0.1) is 11.8 Å². The lowest BCUT2D eigenvalue weighted by atomic mass is 9.98. The second kappa shape index (κ2) is 7.33. The zero-order valence-corrected chi connectivity index (χ0v) is 11.9. The molecule has 110 valence electrons. The Bertz CT molecular complexity index is 446. The molecule has 1 saturated heterocycles. The average Bonchev–Trinajstić information content (AvgIpc) is 2.48. The van der Waals surface area contributed by atoms with Crippen molar-refractivity contribution in [2.75, 3.05) is 26.2 Å². The zero-order valence-electron chi connectivity index (χ0n) is 11.9. The number of aromatic nitrogens is 1. The molecule has 2 heterocycles. The summed E-state index contributed by atoms with van der Waals surface area (Å²) < 4.78 is 13.7. The largest absolute Gasteiger partial charge is 0.338 e. The van der Waals surface area contributed by atoms with E-state index >= 15 is 0 Å². The summed E-state index contributed by atoms with van der Waals surface area (Å²) in [6.07, 6.45) is 5.70. The molecular formula is C15H22FN3O. The fraction of sp³-hybridized carbons (Fsp3) is 0.600. The van der Waals surface area contributed by atoms with Crippen molar-refractivity contribution in [2.24, 2.45) is 5.92 Å². The molecule has 4 nitrogen and oxygen atoms in total. The van der Waals surface area contributed by atoms with E-state index in [2.05, 4.69) is 10.3 Å². The van der Waals surface area contributed by atoms with E-state index in [4.69, 9.17) is 0 Å². The minimum Gasteiger partial charge on any atom is -0.338 e. The highest BCUT2D eigenvalue weighted by Crippen LogP contribution is 2.15. The topological polar surface area (TPSA) is 45.2 Å². The third kappa shape index (κ3) is 3.76. The van der Waals surface area contributed by atoms with E-state index in [1.54, 1.807) is 4.90 Å². The van der Waals surface area contributed by atoms with Crippen LogP contribution < -0.4 is 5.32 Å². The van der Waals surface area contributed by atoms with Crippen molar-refractivity contribution >= 4 is 5.91 Å². The number of carbonyl (C=O) groups excluding carboxylic acids is 1. The molecule has 1 amide bonds. The Morgan fingerprint density at radius 3 is 3.10 bits per heavy atom. The van der Waals surface area contributed by atoms with Crippen LogP contribution in [0.3, 0.4) is 0 Å². The molecule has 1 atom stereocenters. The molecule has 0 aliphatic carbocycles. The number of amides is 1. The Kier molecular flexibility index (Phi) is 5.47. The van der Waals surface area contributed by atoms with Crippen molar-refractivity contribution in [1.82, 2.24) is 15.2 Å². The normalized spacial score (nSPS) is 18.8. The Hall–Kier alpha value is -1.49. The van der Waals surface area contributed by atoms with Gasteiger partial charge in [0.2, 0.25) is 0 Å². The van der Waals surface area contributed by atoms with E-state index < -0.39 is 5.82 Å². The van der Waals surface area contributed by atoms with Crippen LogP contribution in [0.5, 0.6) is 0 Å². The standard InChI is InChI=1S/C15H22FN3O/c1-2-8-19(11-12-4-3-6-17-9-12)15(20)13-5-7-18-10-14(13)16/h5,7,10,12,17H,2-4,6,8-9,11H2,1H3. The zero-order chi connectivity index (χ0) is 14.4. The Balaban J connectivity index is 2.07. The van der Waals surface area contributed by atoms with Crippen LogP contribution in [-0.2, 0) is 0 Å². The van der Waals surface area contributed by atoms with Crippen LogP contribution in [0.1, 0.15) is 36.5 Å². The van der Waals surface area contributed by atoms with Crippen LogP contribution in [0.4, 0.5) is 4.39 Å². The number of hydrogen-bond acceptors (Lipinski definition) is 3. The lowest BCUT2D eigenvalue weighted by molar-refractivity contribution is 0.0714. The molecule has 5 heteroatoms. The first kappa shape index (κ1) is 14.9. The molecule has 2 rings (SSSR count). The van der Waals surface area contributed by atoms with Crippen LogP contribution in [-0.4, -0.2) is 42.0 Å². The maximum Gasteiger partial charge on any atom is 0.256 e. The highest BCUT2D eigenvalue weighted by Gasteiger charge is 2.23. The van der Waals surface area contributed by atoms with Crippen LogP contribution in [0.25, 0.3) is 0 Å². The van der Waals surface area contributed by atoms with Gasteiger partial charge in [0.15, 0.2) is 5.82 Å². The summed E-state index contributed by atoms with van der Waals surface area (Å²) in [5.41, 5.74) is 0.122. The number of nitrogens with one attached hydrogen (secondary N) is 1.